The molecule has 24 heavy (non-hydrogen) atoms. The molecule has 5 heteroatoms. The molecule has 0 amide bonds. The molecule has 1 aliphatic heterocycles. The lowest BCUT2D eigenvalue weighted by Gasteiger charge is -2.13. The fourth-order valence-electron chi connectivity index (χ4n) is 2.93. The van der Waals surface area contributed by atoms with Crippen molar-refractivity contribution >= 4 is 57.6 Å². The number of anilines is 1. The summed E-state index contributed by atoms with van der Waals surface area (Å²) in [4.78, 5) is 3.40. The van der Waals surface area contributed by atoms with E-state index < -0.39 is 0 Å². The van der Waals surface area contributed by atoms with Gasteiger partial charge >= 0.3 is 0 Å². The summed E-state index contributed by atoms with van der Waals surface area (Å²) >= 11 is 14.0. The Kier molecular flexibility index (Phi) is 3.95. The van der Waals surface area contributed by atoms with Crippen LogP contribution in [0.1, 0.15) is 5.69 Å². The number of pyridine rings is 1. The summed E-state index contributed by atoms with van der Waals surface area (Å²) in [6.45, 7) is 0. The second-order valence-electron chi connectivity index (χ2n) is 5.78. The predicted molar refractivity (Wildman–Crippen MR) is 104 cm³/mol. The molecule has 2 aromatic carbocycles. The molecular weight excluding hydrogens is 359 g/mol. The van der Waals surface area contributed by atoms with Gasteiger partial charge in [-0.05, 0) is 36.4 Å². The minimum atomic E-state index is 0.756. The number of aryl methyl sites for hydroxylation is 1. The molecule has 0 N–H and O–H groups in total. The Bertz CT molecular complexity index is 998. The Morgan fingerprint density at radius 3 is 2.58 bits per heavy atom. The molecule has 120 valence electrons. The van der Waals surface area contributed by atoms with Crippen LogP contribution in [0.2, 0.25) is 10.0 Å². The Hall–Kier alpha value is -1.68. The lowest BCUT2D eigenvalue weighted by molar-refractivity contribution is -0.646. The highest BCUT2D eigenvalue weighted by Crippen LogP contribution is 2.46. The second kappa shape index (κ2) is 5.99. The maximum absolute atomic E-state index is 6.13. The Labute approximate surface area is 155 Å². The SMILES string of the molecule is CN1/C(=C/c2ccc3cc(Cl)ccc3[n+]2C)Sc2ccc(Cl)cc21. The average Bonchev–Trinajstić information content (AvgIpc) is 2.86. The molecule has 0 saturated heterocycles. The number of benzene rings is 2. The number of hydrogen-bond acceptors (Lipinski definition) is 2. The average molecular weight is 374 g/mol. The van der Waals surface area contributed by atoms with E-state index in [9.17, 15) is 0 Å². The summed E-state index contributed by atoms with van der Waals surface area (Å²) in [6.07, 6.45) is 2.20. The topological polar surface area (TPSA) is 7.12 Å². The molecule has 0 unspecified atom stereocenters. The molecule has 1 aliphatic rings. The van der Waals surface area contributed by atoms with Crippen molar-refractivity contribution in [3.05, 3.63) is 69.3 Å². The predicted octanol–water partition coefficient (Wildman–Crippen LogP) is 5.51. The van der Waals surface area contributed by atoms with Crippen molar-refractivity contribution in [2.24, 2.45) is 7.05 Å². The van der Waals surface area contributed by atoms with Crippen LogP contribution in [0.4, 0.5) is 5.69 Å². The lowest BCUT2D eigenvalue weighted by atomic mass is 10.2. The van der Waals surface area contributed by atoms with Crippen molar-refractivity contribution in [3.8, 4) is 0 Å². The molecule has 0 saturated carbocycles. The first-order valence-corrected chi connectivity index (χ1v) is 9.11. The van der Waals surface area contributed by atoms with E-state index in [2.05, 4.69) is 53.9 Å². The zero-order chi connectivity index (χ0) is 16.8. The van der Waals surface area contributed by atoms with Gasteiger partial charge in [-0.2, -0.15) is 4.57 Å². The minimum Gasteiger partial charge on any atom is -0.338 e. The third-order valence-corrected chi connectivity index (χ3v) is 5.91. The van der Waals surface area contributed by atoms with Crippen molar-refractivity contribution in [2.75, 3.05) is 11.9 Å². The number of aromatic nitrogens is 1. The zero-order valence-corrected chi connectivity index (χ0v) is 15.6. The van der Waals surface area contributed by atoms with Gasteiger partial charge in [-0.15, -0.1) is 0 Å². The van der Waals surface area contributed by atoms with Crippen LogP contribution in [-0.4, -0.2) is 7.05 Å². The fourth-order valence-corrected chi connectivity index (χ4v) is 4.35. The van der Waals surface area contributed by atoms with Gasteiger partial charge in [0.05, 0.1) is 10.7 Å². The third kappa shape index (κ3) is 2.67. The van der Waals surface area contributed by atoms with Crippen molar-refractivity contribution < 1.29 is 4.57 Å². The normalized spacial score (nSPS) is 15.3. The number of halogens is 2. The first-order chi connectivity index (χ1) is 11.5. The molecule has 2 heterocycles. The lowest BCUT2D eigenvalue weighted by Crippen LogP contribution is -2.33. The quantitative estimate of drug-likeness (QED) is 0.519. The van der Waals surface area contributed by atoms with Gasteiger partial charge < -0.3 is 4.90 Å². The van der Waals surface area contributed by atoms with Gasteiger partial charge in [-0.25, -0.2) is 0 Å². The Morgan fingerprint density at radius 2 is 1.75 bits per heavy atom. The maximum atomic E-state index is 6.13. The van der Waals surface area contributed by atoms with E-state index in [4.69, 9.17) is 23.2 Å². The van der Waals surface area contributed by atoms with Crippen LogP contribution < -0.4 is 9.47 Å². The van der Waals surface area contributed by atoms with E-state index in [1.54, 1.807) is 11.8 Å². The molecule has 1 aromatic heterocycles. The summed E-state index contributed by atoms with van der Waals surface area (Å²) in [7, 11) is 4.15. The van der Waals surface area contributed by atoms with Crippen molar-refractivity contribution in [3.63, 3.8) is 0 Å². The van der Waals surface area contributed by atoms with E-state index >= 15 is 0 Å². The number of thioether (sulfide) groups is 1. The van der Waals surface area contributed by atoms with Gasteiger partial charge in [0.2, 0.25) is 11.2 Å². The first kappa shape index (κ1) is 15.8. The van der Waals surface area contributed by atoms with Crippen LogP contribution in [0, 0.1) is 0 Å². The molecule has 2 nitrogen and oxygen atoms in total. The van der Waals surface area contributed by atoms with Crippen LogP contribution >= 0.6 is 35.0 Å². The molecule has 0 aliphatic carbocycles. The minimum absolute atomic E-state index is 0.756. The van der Waals surface area contributed by atoms with Gasteiger partial charge in [-0.3, -0.25) is 0 Å². The van der Waals surface area contributed by atoms with Crippen LogP contribution in [0.15, 0.2) is 58.5 Å². The summed E-state index contributed by atoms with van der Waals surface area (Å²) in [5, 5.41) is 3.83. The molecule has 0 spiro atoms. The van der Waals surface area contributed by atoms with Gasteiger partial charge in [0.25, 0.3) is 0 Å². The highest BCUT2D eigenvalue weighted by atomic mass is 35.5. The molecular formula is C19H15Cl2N2S+. The Morgan fingerprint density at radius 1 is 1.00 bits per heavy atom. The first-order valence-electron chi connectivity index (χ1n) is 7.54. The van der Waals surface area contributed by atoms with Crippen LogP contribution in [0.25, 0.3) is 17.0 Å². The van der Waals surface area contributed by atoms with Gasteiger partial charge in [0.15, 0.2) is 0 Å². The molecule has 0 fully saturated rings. The summed E-state index contributed by atoms with van der Waals surface area (Å²) < 4.78 is 2.18. The smallest absolute Gasteiger partial charge is 0.212 e. The van der Waals surface area contributed by atoms with Gasteiger partial charge in [0, 0.05) is 45.6 Å². The monoisotopic (exact) mass is 373 g/mol. The summed E-state index contributed by atoms with van der Waals surface area (Å²) in [5.74, 6) is 0. The van der Waals surface area contributed by atoms with Crippen molar-refractivity contribution in [1.29, 1.82) is 0 Å². The number of fused-ring (bicyclic) bond motifs is 2. The summed E-state index contributed by atoms with van der Waals surface area (Å²) in [6, 6.07) is 16.2. The van der Waals surface area contributed by atoms with E-state index in [1.165, 1.54) is 9.92 Å². The highest BCUT2D eigenvalue weighted by molar-refractivity contribution is 8.03. The molecule has 0 bridgehead atoms. The fraction of sp³-hybridized carbons (Fsp3) is 0.105. The van der Waals surface area contributed by atoms with Crippen LogP contribution in [-0.2, 0) is 7.05 Å². The largest absolute Gasteiger partial charge is 0.338 e. The van der Waals surface area contributed by atoms with Crippen molar-refractivity contribution in [1.82, 2.24) is 0 Å². The third-order valence-electron chi connectivity index (χ3n) is 4.27. The number of rotatable bonds is 1. The molecule has 4 rings (SSSR count). The molecule has 3 aromatic rings. The maximum Gasteiger partial charge on any atom is 0.212 e. The van der Waals surface area contributed by atoms with Crippen LogP contribution in [0.5, 0.6) is 0 Å². The molecule has 0 radical (unpaired) electrons. The van der Waals surface area contributed by atoms with E-state index in [0.717, 1.165) is 32.3 Å². The number of nitrogens with zero attached hydrogens (tertiary/aromatic N) is 2. The van der Waals surface area contributed by atoms with E-state index in [1.807, 2.05) is 24.3 Å². The van der Waals surface area contributed by atoms with Crippen LogP contribution in [0.3, 0.4) is 0 Å². The van der Waals surface area contributed by atoms with Gasteiger partial charge in [0.1, 0.15) is 7.05 Å². The van der Waals surface area contributed by atoms with Crippen molar-refractivity contribution in [2.45, 2.75) is 4.90 Å². The van der Waals surface area contributed by atoms with E-state index in [-0.39, 0.29) is 0 Å². The molecule has 0 atom stereocenters. The Balaban J connectivity index is 1.78. The zero-order valence-electron chi connectivity index (χ0n) is 13.3. The number of hydrogen-bond donors (Lipinski definition) is 0. The standard InChI is InChI=1S/C19H15Cl2N2S/c1-22-15(6-3-12-9-13(20)4-7-16(12)22)11-19-23(2)17-10-14(21)5-8-18(17)24-19/h3-11H,1-2H3/q+1. The summed E-state index contributed by atoms with van der Waals surface area (Å²) in [5.41, 5.74) is 3.44. The van der Waals surface area contributed by atoms with E-state index in [0.29, 0.717) is 0 Å². The second-order valence-corrected chi connectivity index (χ2v) is 7.71. The van der Waals surface area contributed by atoms with Gasteiger partial charge in [-0.1, -0.05) is 35.0 Å². The highest BCUT2D eigenvalue weighted by Gasteiger charge is 2.23.